The fraction of sp³-hybridized carbons (Fsp3) is 0.462. The summed E-state index contributed by atoms with van der Waals surface area (Å²) < 4.78 is 14.8. The summed E-state index contributed by atoms with van der Waals surface area (Å²) in [5.41, 5.74) is 3.56. The number of carbonyl (C=O) groups is 1. The molecular weight excluding hydrogens is 585 g/mol. The van der Waals surface area contributed by atoms with Gasteiger partial charge in [0.2, 0.25) is 0 Å². The molecule has 0 spiro atoms. The van der Waals surface area contributed by atoms with Crippen LogP contribution in [0.3, 0.4) is 0 Å². The number of aliphatic hydroxyl groups is 2. The zero-order valence-electron chi connectivity index (χ0n) is 26.9. The maximum atomic E-state index is 14.8. The van der Waals surface area contributed by atoms with Gasteiger partial charge in [-0.2, -0.15) is 0 Å². The first kappa shape index (κ1) is 33.5. The summed E-state index contributed by atoms with van der Waals surface area (Å²) >= 11 is 6.35. The third-order valence-electron chi connectivity index (χ3n) is 10.5. The quantitative estimate of drug-likeness (QED) is 0.195. The lowest BCUT2D eigenvalue weighted by atomic mass is 9.64. The number of ketones is 1. The number of hydrogen-bond acceptors (Lipinski definition) is 4. The van der Waals surface area contributed by atoms with Gasteiger partial charge in [-0.25, -0.2) is 4.39 Å². The first-order chi connectivity index (χ1) is 21.5. The van der Waals surface area contributed by atoms with E-state index in [-0.39, 0.29) is 28.7 Å². The van der Waals surface area contributed by atoms with Crippen molar-refractivity contribution in [2.45, 2.75) is 89.3 Å². The lowest BCUT2D eigenvalue weighted by Crippen LogP contribution is -2.52. The van der Waals surface area contributed by atoms with Crippen LogP contribution >= 0.6 is 11.6 Å². The number of fused-ring (bicyclic) bond motifs is 8. The summed E-state index contributed by atoms with van der Waals surface area (Å²) in [6, 6.07) is 20.8. The molecule has 6 rings (SSSR count). The number of likely N-dealkylation sites (N-methyl/N-ethyl adjacent to an activating group) is 1. The lowest BCUT2D eigenvalue weighted by molar-refractivity contribution is -0.0798. The minimum Gasteiger partial charge on any atom is -0.393 e. The highest BCUT2D eigenvalue weighted by atomic mass is 35.5. The van der Waals surface area contributed by atoms with E-state index >= 15 is 0 Å². The van der Waals surface area contributed by atoms with Gasteiger partial charge in [0.05, 0.1) is 11.7 Å². The van der Waals surface area contributed by atoms with E-state index in [1.807, 2.05) is 24.3 Å². The highest BCUT2D eigenvalue weighted by Gasteiger charge is 2.57. The van der Waals surface area contributed by atoms with Crippen LogP contribution in [-0.4, -0.2) is 52.7 Å². The number of allylic oxidation sites excluding steroid dienone is 2. The van der Waals surface area contributed by atoms with E-state index in [0.717, 1.165) is 49.8 Å². The van der Waals surface area contributed by atoms with Crippen molar-refractivity contribution in [2.75, 3.05) is 20.1 Å². The SMILES string of the molecule is CC1=CCCC2(C)C(CCC2(O)CN(C)CCc2ccccc2)c2ccc(cc2C(=O)Cc2c(F)cccc2Cl)CC(O)CC1. The van der Waals surface area contributed by atoms with Crippen molar-refractivity contribution in [2.24, 2.45) is 5.41 Å². The van der Waals surface area contributed by atoms with Crippen molar-refractivity contribution >= 4 is 17.4 Å². The predicted octanol–water partition coefficient (Wildman–Crippen LogP) is 8.12. The van der Waals surface area contributed by atoms with Gasteiger partial charge in [0.15, 0.2) is 5.78 Å². The van der Waals surface area contributed by atoms with Crippen LogP contribution in [-0.2, 0) is 19.3 Å². The summed E-state index contributed by atoms with van der Waals surface area (Å²) in [5, 5.41) is 23.6. The van der Waals surface area contributed by atoms with Gasteiger partial charge in [-0.1, -0.05) is 78.7 Å². The van der Waals surface area contributed by atoms with Gasteiger partial charge in [-0.3, -0.25) is 4.79 Å². The highest BCUT2D eigenvalue weighted by molar-refractivity contribution is 6.31. The Labute approximate surface area is 272 Å². The van der Waals surface area contributed by atoms with Crippen LogP contribution in [0, 0.1) is 11.2 Å². The van der Waals surface area contributed by atoms with E-state index in [9.17, 15) is 19.4 Å². The van der Waals surface area contributed by atoms with Gasteiger partial charge in [-0.05, 0) is 106 Å². The number of rotatable bonds is 8. The predicted molar refractivity (Wildman–Crippen MR) is 180 cm³/mol. The van der Waals surface area contributed by atoms with Crippen LogP contribution in [0.5, 0.6) is 0 Å². The normalized spacial score (nSPS) is 25.6. The molecule has 0 saturated heterocycles. The molecule has 6 heteroatoms. The van der Waals surface area contributed by atoms with Crippen molar-refractivity contribution in [3.63, 3.8) is 0 Å². The fourth-order valence-corrected chi connectivity index (χ4v) is 7.92. The molecule has 1 fully saturated rings. The monoisotopic (exact) mass is 631 g/mol. The largest absolute Gasteiger partial charge is 0.393 e. The molecule has 2 N–H and O–H groups in total. The molecule has 4 atom stereocenters. The Morgan fingerprint density at radius 1 is 1.07 bits per heavy atom. The molecule has 2 bridgehead atoms. The van der Waals surface area contributed by atoms with E-state index in [2.05, 4.69) is 56.1 Å². The molecule has 0 amide bonds. The zero-order chi connectivity index (χ0) is 32.2. The first-order valence-electron chi connectivity index (χ1n) is 16.4. The van der Waals surface area contributed by atoms with Crippen LogP contribution in [0.1, 0.15) is 90.9 Å². The molecular formula is C39H47ClFNO3. The van der Waals surface area contributed by atoms with Crippen LogP contribution in [0.25, 0.3) is 0 Å². The fourth-order valence-electron chi connectivity index (χ4n) is 7.69. The molecule has 240 valence electrons. The molecule has 1 saturated carbocycles. The Morgan fingerprint density at radius 3 is 2.60 bits per heavy atom. The highest BCUT2D eigenvalue weighted by Crippen LogP contribution is 2.58. The van der Waals surface area contributed by atoms with Crippen LogP contribution < -0.4 is 0 Å². The third kappa shape index (κ3) is 7.60. The molecule has 4 nitrogen and oxygen atoms in total. The molecule has 4 unspecified atom stereocenters. The Kier molecular flexibility index (Phi) is 10.7. The number of hydrogen-bond donors (Lipinski definition) is 2. The summed E-state index contributed by atoms with van der Waals surface area (Å²) in [5.74, 6) is -0.767. The van der Waals surface area contributed by atoms with E-state index in [4.69, 9.17) is 11.6 Å². The van der Waals surface area contributed by atoms with E-state index in [1.165, 1.54) is 17.2 Å². The number of aliphatic hydroxyl groups excluding tert-OH is 1. The number of Topliss-reactive ketones (excluding diaryl/α,β-unsaturated/α-hetero) is 1. The second kappa shape index (κ2) is 14.3. The zero-order valence-corrected chi connectivity index (χ0v) is 27.6. The van der Waals surface area contributed by atoms with Gasteiger partial charge in [0, 0.05) is 41.1 Å². The Hall–Kier alpha value is -2.83. The molecule has 3 aliphatic rings. The van der Waals surface area contributed by atoms with Crippen LogP contribution in [0.15, 0.2) is 78.4 Å². The molecule has 3 aromatic carbocycles. The van der Waals surface area contributed by atoms with E-state index in [0.29, 0.717) is 31.4 Å². The average Bonchev–Trinajstić information content (AvgIpc) is 3.26. The Bertz CT molecular complexity index is 1500. The summed E-state index contributed by atoms with van der Waals surface area (Å²) in [7, 11) is 2.08. The summed E-state index contributed by atoms with van der Waals surface area (Å²) in [4.78, 5) is 16.3. The second-order valence-corrected chi connectivity index (χ2v) is 14.1. The molecule has 0 aliphatic heterocycles. The molecule has 45 heavy (non-hydrogen) atoms. The second-order valence-electron chi connectivity index (χ2n) is 13.7. The van der Waals surface area contributed by atoms with Gasteiger partial charge in [0.25, 0.3) is 0 Å². The smallest absolute Gasteiger partial charge is 0.167 e. The molecule has 3 aliphatic carbocycles. The molecule has 3 aromatic rings. The minimum absolute atomic E-state index is 0.0734. The summed E-state index contributed by atoms with van der Waals surface area (Å²) in [6.07, 6.45) is 7.27. The van der Waals surface area contributed by atoms with Crippen molar-refractivity contribution < 1.29 is 19.4 Å². The number of carbonyl (C=O) groups excluding carboxylic acids is 1. The third-order valence-corrected chi connectivity index (χ3v) is 10.9. The standard InChI is InChI=1S/C39H47ClFNO3/c1-27-9-8-20-38(2)34(18-21-39(38,45)26-42(3)22-19-28-10-5-4-6-11-28)31-17-15-29(23-30(43)16-14-27)24-32(31)37(44)25-33-35(40)12-7-13-36(33)41/h4-7,9-13,15,17,24,30,34,43,45H,8,14,16,18-23,25-26H2,1-3H3. The van der Waals surface area contributed by atoms with E-state index < -0.39 is 22.9 Å². The maximum Gasteiger partial charge on any atom is 0.167 e. The van der Waals surface area contributed by atoms with Gasteiger partial charge >= 0.3 is 0 Å². The minimum atomic E-state index is -0.966. The Balaban J connectivity index is 1.51. The van der Waals surface area contributed by atoms with Gasteiger partial charge in [0.1, 0.15) is 5.82 Å². The van der Waals surface area contributed by atoms with Crippen molar-refractivity contribution in [1.29, 1.82) is 0 Å². The van der Waals surface area contributed by atoms with Crippen LogP contribution in [0.2, 0.25) is 5.02 Å². The first-order valence-corrected chi connectivity index (χ1v) is 16.7. The topological polar surface area (TPSA) is 60.8 Å². The Morgan fingerprint density at radius 2 is 1.84 bits per heavy atom. The maximum absolute atomic E-state index is 14.8. The molecule has 0 radical (unpaired) electrons. The average molecular weight is 632 g/mol. The summed E-state index contributed by atoms with van der Waals surface area (Å²) in [6.45, 7) is 5.68. The number of halogens is 2. The van der Waals surface area contributed by atoms with Crippen molar-refractivity contribution in [3.8, 4) is 0 Å². The van der Waals surface area contributed by atoms with Crippen molar-refractivity contribution in [3.05, 3.63) is 117 Å². The number of benzene rings is 3. The van der Waals surface area contributed by atoms with Gasteiger partial charge in [-0.15, -0.1) is 0 Å². The number of nitrogens with zero attached hydrogens (tertiary/aromatic N) is 1. The lowest BCUT2D eigenvalue weighted by Gasteiger charge is -2.45. The van der Waals surface area contributed by atoms with Crippen LogP contribution in [0.4, 0.5) is 4.39 Å². The van der Waals surface area contributed by atoms with Gasteiger partial charge < -0.3 is 15.1 Å². The van der Waals surface area contributed by atoms with E-state index in [1.54, 1.807) is 12.1 Å². The molecule has 0 aromatic heterocycles. The molecule has 0 heterocycles. The van der Waals surface area contributed by atoms with Crippen molar-refractivity contribution in [1.82, 2.24) is 4.90 Å².